The van der Waals surface area contributed by atoms with Gasteiger partial charge in [-0.15, -0.1) is 24.8 Å². The molecule has 5 nitrogen and oxygen atoms in total. The van der Waals surface area contributed by atoms with Gasteiger partial charge in [-0.25, -0.2) is 4.39 Å². The highest BCUT2D eigenvalue weighted by atomic mass is 35.5. The lowest BCUT2D eigenvalue weighted by Gasteiger charge is -2.33. The van der Waals surface area contributed by atoms with E-state index in [9.17, 15) is 9.18 Å². The van der Waals surface area contributed by atoms with Gasteiger partial charge in [0.25, 0.3) is 0 Å². The molecule has 1 aliphatic rings. The largest absolute Gasteiger partial charge is 0.379 e. The van der Waals surface area contributed by atoms with Crippen LogP contribution in [0.15, 0.2) is 24.3 Å². The summed E-state index contributed by atoms with van der Waals surface area (Å²) in [6.07, 6.45) is 0.713. The number of amides is 1. The fraction of sp³-hybridized carbons (Fsp3) is 0.562. The van der Waals surface area contributed by atoms with Gasteiger partial charge in [0.15, 0.2) is 0 Å². The van der Waals surface area contributed by atoms with Gasteiger partial charge in [0.2, 0.25) is 5.91 Å². The van der Waals surface area contributed by atoms with Gasteiger partial charge in [0.1, 0.15) is 11.9 Å². The normalized spacial score (nSPS) is 17.1. The quantitative estimate of drug-likeness (QED) is 0.789. The van der Waals surface area contributed by atoms with Crippen molar-refractivity contribution in [2.45, 2.75) is 25.4 Å². The number of halogens is 3. The Balaban J connectivity index is 0.00000264. The van der Waals surface area contributed by atoms with Crippen LogP contribution in [-0.4, -0.2) is 49.7 Å². The number of morpholine rings is 1. The number of carbonyl (C=O) groups is 1. The first-order valence-electron chi connectivity index (χ1n) is 7.68. The molecule has 1 aliphatic heterocycles. The maximum absolute atomic E-state index is 13.5. The highest BCUT2D eigenvalue weighted by Crippen LogP contribution is 2.23. The standard InChI is InChI=1S/C16H24FN3O2.2ClH/c1-12(18)5-6-19-16(21)15(20-7-9-22-10-8-20)13-3-2-4-14(17)11-13;;/h2-4,11-12,15H,5-10,18H2,1H3,(H,19,21);2*1H. The minimum atomic E-state index is -0.493. The molecule has 138 valence electrons. The number of nitrogens with one attached hydrogen (secondary N) is 1. The van der Waals surface area contributed by atoms with Crippen LogP contribution in [0.25, 0.3) is 0 Å². The van der Waals surface area contributed by atoms with Gasteiger partial charge in [0.05, 0.1) is 13.2 Å². The summed E-state index contributed by atoms with van der Waals surface area (Å²) >= 11 is 0. The molecule has 0 bridgehead atoms. The molecule has 0 spiro atoms. The highest BCUT2D eigenvalue weighted by Gasteiger charge is 2.29. The summed E-state index contributed by atoms with van der Waals surface area (Å²) in [5.41, 5.74) is 6.37. The summed E-state index contributed by atoms with van der Waals surface area (Å²) in [5.74, 6) is -0.452. The van der Waals surface area contributed by atoms with Crippen molar-refractivity contribution >= 4 is 30.7 Å². The van der Waals surface area contributed by atoms with E-state index in [-0.39, 0.29) is 42.6 Å². The van der Waals surface area contributed by atoms with Crippen molar-refractivity contribution in [3.63, 3.8) is 0 Å². The number of carbonyl (C=O) groups excluding carboxylic acids is 1. The third kappa shape index (κ3) is 6.91. The van der Waals surface area contributed by atoms with Crippen LogP contribution in [0.4, 0.5) is 4.39 Å². The van der Waals surface area contributed by atoms with Crippen LogP contribution in [0, 0.1) is 5.82 Å². The maximum atomic E-state index is 13.5. The third-order valence-electron chi connectivity index (χ3n) is 3.72. The first-order chi connectivity index (χ1) is 10.6. The molecule has 24 heavy (non-hydrogen) atoms. The van der Waals surface area contributed by atoms with Gasteiger partial charge >= 0.3 is 0 Å². The molecule has 1 saturated heterocycles. The van der Waals surface area contributed by atoms with Gasteiger partial charge in [-0.2, -0.15) is 0 Å². The van der Waals surface area contributed by atoms with E-state index in [0.29, 0.717) is 44.8 Å². The first-order valence-corrected chi connectivity index (χ1v) is 7.68. The highest BCUT2D eigenvalue weighted by molar-refractivity contribution is 5.85. The predicted molar refractivity (Wildman–Crippen MR) is 97.3 cm³/mol. The molecular formula is C16H26Cl2FN3O2. The number of nitrogens with two attached hydrogens (primary N) is 1. The van der Waals surface area contributed by atoms with E-state index in [2.05, 4.69) is 5.32 Å². The average molecular weight is 382 g/mol. The lowest BCUT2D eigenvalue weighted by atomic mass is 10.0. The summed E-state index contributed by atoms with van der Waals surface area (Å²) < 4.78 is 18.9. The van der Waals surface area contributed by atoms with Crippen molar-refractivity contribution in [2.75, 3.05) is 32.8 Å². The van der Waals surface area contributed by atoms with E-state index in [1.165, 1.54) is 12.1 Å². The first kappa shape index (κ1) is 23.1. The molecule has 2 unspecified atom stereocenters. The van der Waals surface area contributed by atoms with E-state index in [4.69, 9.17) is 10.5 Å². The van der Waals surface area contributed by atoms with Crippen molar-refractivity contribution in [3.05, 3.63) is 35.6 Å². The second-order valence-corrected chi connectivity index (χ2v) is 5.66. The molecule has 1 aromatic carbocycles. The minimum Gasteiger partial charge on any atom is -0.379 e. The van der Waals surface area contributed by atoms with E-state index in [1.807, 2.05) is 11.8 Å². The topological polar surface area (TPSA) is 67.6 Å². The van der Waals surface area contributed by atoms with Crippen molar-refractivity contribution in [2.24, 2.45) is 5.73 Å². The summed E-state index contributed by atoms with van der Waals surface area (Å²) in [7, 11) is 0. The van der Waals surface area contributed by atoms with E-state index < -0.39 is 6.04 Å². The zero-order valence-corrected chi connectivity index (χ0v) is 15.4. The van der Waals surface area contributed by atoms with Crippen LogP contribution >= 0.6 is 24.8 Å². The van der Waals surface area contributed by atoms with Gasteiger partial charge < -0.3 is 15.8 Å². The molecule has 3 N–H and O–H groups in total. The zero-order valence-electron chi connectivity index (χ0n) is 13.7. The van der Waals surface area contributed by atoms with Crippen LogP contribution in [0.1, 0.15) is 24.9 Å². The molecule has 1 fully saturated rings. The summed E-state index contributed by atoms with van der Waals surface area (Å²) in [4.78, 5) is 14.6. The van der Waals surface area contributed by atoms with Crippen molar-refractivity contribution < 1.29 is 13.9 Å². The fourth-order valence-corrected chi connectivity index (χ4v) is 2.56. The lowest BCUT2D eigenvalue weighted by Crippen LogP contribution is -2.46. The molecule has 8 heteroatoms. The van der Waals surface area contributed by atoms with Gasteiger partial charge in [-0.3, -0.25) is 9.69 Å². The van der Waals surface area contributed by atoms with Crippen molar-refractivity contribution in [1.82, 2.24) is 10.2 Å². The molecule has 2 atom stereocenters. The van der Waals surface area contributed by atoms with E-state index >= 15 is 0 Å². The van der Waals surface area contributed by atoms with Crippen molar-refractivity contribution in [1.29, 1.82) is 0 Å². The number of nitrogens with zero attached hydrogens (tertiary/aromatic N) is 1. The Kier molecular flexibility index (Phi) is 11.2. The van der Waals surface area contributed by atoms with E-state index in [1.54, 1.807) is 12.1 Å². The number of rotatable bonds is 6. The fourth-order valence-electron chi connectivity index (χ4n) is 2.56. The van der Waals surface area contributed by atoms with E-state index in [0.717, 1.165) is 0 Å². The zero-order chi connectivity index (χ0) is 15.9. The molecule has 2 rings (SSSR count). The Hall–Kier alpha value is -0.920. The Morgan fingerprint density at radius 1 is 1.38 bits per heavy atom. The molecule has 1 aromatic rings. The smallest absolute Gasteiger partial charge is 0.241 e. The van der Waals surface area contributed by atoms with Crippen molar-refractivity contribution in [3.8, 4) is 0 Å². The predicted octanol–water partition coefficient (Wildman–Crippen LogP) is 1.90. The molecule has 0 aromatic heterocycles. The maximum Gasteiger partial charge on any atom is 0.241 e. The lowest BCUT2D eigenvalue weighted by molar-refractivity contribution is -0.128. The molecule has 1 heterocycles. The van der Waals surface area contributed by atoms with Crippen LogP contribution < -0.4 is 11.1 Å². The summed E-state index contributed by atoms with van der Waals surface area (Å²) in [6, 6.07) is 5.77. The summed E-state index contributed by atoms with van der Waals surface area (Å²) in [5, 5.41) is 2.91. The number of benzene rings is 1. The SMILES string of the molecule is CC(N)CCNC(=O)C(c1cccc(F)c1)N1CCOCC1.Cl.Cl. The van der Waals surface area contributed by atoms with Gasteiger partial charge in [-0.05, 0) is 31.0 Å². The Labute approximate surface area is 154 Å². The number of hydrogen-bond donors (Lipinski definition) is 2. The van der Waals surface area contributed by atoms with Crippen LogP contribution in [0.3, 0.4) is 0 Å². The summed E-state index contributed by atoms with van der Waals surface area (Å²) in [6.45, 7) is 4.90. The van der Waals surface area contributed by atoms with Crippen LogP contribution in [-0.2, 0) is 9.53 Å². The second-order valence-electron chi connectivity index (χ2n) is 5.66. The minimum absolute atomic E-state index is 0. The molecule has 0 saturated carbocycles. The molecular weight excluding hydrogens is 356 g/mol. The van der Waals surface area contributed by atoms with Crippen LogP contribution in [0.2, 0.25) is 0 Å². The monoisotopic (exact) mass is 381 g/mol. The Bertz CT molecular complexity index is 500. The average Bonchev–Trinajstić information content (AvgIpc) is 2.48. The molecule has 1 amide bonds. The van der Waals surface area contributed by atoms with Gasteiger partial charge in [-0.1, -0.05) is 12.1 Å². The molecule has 0 radical (unpaired) electrons. The van der Waals surface area contributed by atoms with Gasteiger partial charge in [0, 0.05) is 25.7 Å². The Morgan fingerprint density at radius 2 is 2.04 bits per heavy atom. The number of ether oxygens (including phenoxy) is 1. The third-order valence-corrected chi connectivity index (χ3v) is 3.72. The second kappa shape index (κ2) is 11.6. The Morgan fingerprint density at radius 3 is 2.62 bits per heavy atom. The van der Waals surface area contributed by atoms with Crippen LogP contribution in [0.5, 0.6) is 0 Å². The molecule has 0 aliphatic carbocycles. The number of hydrogen-bond acceptors (Lipinski definition) is 4.